The molecule has 2 fully saturated rings. The van der Waals surface area contributed by atoms with Crippen molar-refractivity contribution in [2.45, 2.75) is 12.1 Å². The summed E-state index contributed by atoms with van der Waals surface area (Å²) in [5, 5.41) is 11.9. The highest BCUT2D eigenvalue weighted by Gasteiger charge is 2.64. The Balaban J connectivity index is 1.50. The van der Waals surface area contributed by atoms with Crippen molar-refractivity contribution in [1.29, 1.82) is 0 Å². The number of nitro benzene ring substituents is 1. The number of carbonyl (C=O) groups excluding carboxylic acids is 3. The number of para-hydroxylation sites is 1. The number of anilines is 2. The second kappa shape index (κ2) is 8.54. The molecule has 3 heterocycles. The van der Waals surface area contributed by atoms with Crippen LogP contribution in [-0.2, 0) is 9.59 Å². The number of non-ortho nitro benzene ring substituents is 1. The number of imide groups is 1. The molecular formula is C27H17Cl2N3O5. The lowest BCUT2D eigenvalue weighted by molar-refractivity contribution is -0.384. The quantitative estimate of drug-likeness (QED) is 0.198. The predicted molar refractivity (Wildman–Crippen MR) is 139 cm³/mol. The Bertz CT molecular complexity index is 1530. The number of fused-ring (bicyclic) bond motifs is 5. The number of benzene rings is 3. The van der Waals surface area contributed by atoms with Gasteiger partial charge in [0.1, 0.15) is 6.04 Å². The molecule has 184 valence electrons. The average molecular weight is 534 g/mol. The maximum atomic E-state index is 14.0. The molecular weight excluding hydrogens is 517 g/mol. The minimum Gasteiger partial charge on any atom is -0.352 e. The highest BCUT2D eigenvalue weighted by atomic mass is 35.5. The summed E-state index contributed by atoms with van der Waals surface area (Å²) in [4.78, 5) is 55.4. The van der Waals surface area contributed by atoms with Crippen LogP contribution >= 0.6 is 23.2 Å². The van der Waals surface area contributed by atoms with Crippen molar-refractivity contribution in [2.24, 2.45) is 11.8 Å². The van der Waals surface area contributed by atoms with Gasteiger partial charge in [-0.1, -0.05) is 65.7 Å². The SMILES string of the molecule is O=C(c1cccc([N+](=O)[O-])c1)[C@@H]1[C@@H]2C(=O)N(c3cc(Cl)cc(Cl)c3)C(=O)[C@@H]2[C@H]2C=Cc3ccccc3N21. The standard InChI is InChI=1S/C27H17Cl2N3O5/c28-16-11-17(29)13-19(12-16)30-26(34)22-21-9-8-14-4-1-2-7-20(14)31(21)24(23(22)27(30)35)25(33)15-5-3-6-18(10-15)32(36)37/h1-13,21-24H/t21-,22-,23-,24+/m1/s1. The van der Waals surface area contributed by atoms with Crippen LogP contribution in [0.5, 0.6) is 0 Å². The number of nitro groups is 1. The van der Waals surface area contributed by atoms with Crippen LogP contribution in [0.15, 0.2) is 72.8 Å². The molecule has 0 radical (unpaired) electrons. The third-order valence-electron chi connectivity index (χ3n) is 7.13. The second-order valence-electron chi connectivity index (χ2n) is 9.12. The summed E-state index contributed by atoms with van der Waals surface area (Å²) in [5.74, 6) is -3.34. The molecule has 0 saturated carbocycles. The smallest absolute Gasteiger partial charge is 0.270 e. The second-order valence-corrected chi connectivity index (χ2v) is 10.00. The van der Waals surface area contributed by atoms with Gasteiger partial charge in [-0.15, -0.1) is 0 Å². The van der Waals surface area contributed by atoms with Crippen LogP contribution in [0.4, 0.5) is 17.1 Å². The van der Waals surface area contributed by atoms with Gasteiger partial charge in [0, 0.05) is 33.4 Å². The van der Waals surface area contributed by atoms with Gasteiger partial charge in [-0.05, 0) is 29.8 Å². The summed E-state index contributed by atoms with van der Waals surface area (Å²) in [5.41, 5.74) is 1.64. The predicted octanol–water partition coefficient (Wildman–Crippen LogP) is 5.17. The Hall–Kier alpha value is -4.01. The van der Waals surface area contributed by atoms with Gasteiger partial charge in [0.25, 0.3) is 5.69 Å². The van der Waals surface area contributed by atoms with Crippen LogP contribution in [0.25, 0.3) is 6.08 Å². The zero-order valence-corrected chi connectivity index (χ0v) is 20.5. The van der Waals surface area contributed by atoms with Gasteiger partial charge in [-0.2, -0.15) is 0 Å². The first-order chi connectivity index (χ1) is 17.8. The van der Waals surface area contributed by atoms with Gasteiger partial charge in [-0.25, -0.2) is 4.90 Å². The number of nitrogens with zero attached hydrogens (tertiary/aromatic N) is 3. The number of carbonyl (C=O) groups is 3. The third-order valence-corrected chi connectivity index (χ3v) is 7.57. The molecule has 3 aliphatic rings. The molecule has 0 spiro atoms. The van der Waals surface area contributed by atoms with E-state index in [4.69, 9.17) is 23.2 Å². The molecule has 0 unspecified atom stereocenters. The van der Waals surface area contributed by atoms with E-state index in [2.05, 4.69) is 0 Å². The zero-order chi connectivity index (χ0) is 26.0. The van der Waals surface area contributed by atoms with Gasteiger partial charge in [0.15, 0.2) is 5.78 Å². The lowest BCUT2D eigenvalue weighted by Crippen LogP contribution is -2.48. The van der Waals surface area contributed by atoms with E-state index in [1.165, 1.54) is 42.5 Å². The summed E-state index contributed by atoms with van der Waals surface area (Å²) in [7, 11) is 0. The van der Waals surface area contributed by atoms with Gasteiger partial charge in [0.2, 0.25) is 11.8 Å². The minimum atomic E-state index is -1.06. The van der Waals surface area contributed by atoms with Crippen molar-refractivity contribution in [2.75, 3.05) is 9.80 Å². The molecule has 3 aromatic carbocycles. The molecule has 0 N–H and O–H groups in total. The van der Waals surface area contributed by atoms with Gasteiger partial charge < -0.3 is 4.90 Å². The molecule has 6 rings (SSSR count). The van der Waals surface area contributed by atoms with Crippen molar-refractivity contribution < 1.29 is 19.3 Å². The summed E-state index contributed by atoms with van der Waals surface area (Å²) < 4.78 is 0. The average Bonchev–Trinajstić information content (AvgIpc) is 3.35. The fourth-order valence-electron chi connectivity index (χ4n) is 5.68. The highest BCUT2D eigenvalue weighted by Crippen LogP contribution is 2.50. The summed E-state index contributed by atoms with van der Waals surface area (Å²) in [6, 6.07) is 15.6. The van der Waals surface area contributed by atoms with Crippen LogP contribution in [0.1, 0.15) is 15.9 Å². The van der Waals surface area contributed by atoms with Crippen molar-refractivity contribution in [3.05, 3.63) is 104 Å². The van der Waals surface area contributed by atoms with Crippen LogP contribution in [-0.4, -0.2) is 34.6 Å². The Kier molecular flexibility index (Phi) is 5.40. The molecule has 8 nitrogen and oxygen atoms in total. The van der Waals surface area contributed by atoms with E-state index in [-0.39, 0.29) is 27.0 Å². The van der Waals surface area contributed by atoms with E-state index in [9.17, 15) is 24.5 Å². The molecule has 10 heteroatoms. The van der Waals surface area contributed by atoms with E-state index < -0.39 is 46.4 Å². The first kappa shape index (κ1) is 23.4. The summed E-state index contributed by atoms with van der Waals surface area (Å²) >= 11 is 12.3. The molecule has 0 bridgehead atoms. The minimum absolute atomic E-state index is 0.0927. The van der Waals surface area contributed by atoms with Gasteiger partial charge in [-0.3, -0.25) is 24.5 Å². The number of ketones is 1. The number of halogens is 2. The topological polar surface area (TPSA) is 101 Å². The maximum absolute atomic E-state index is 14.0. The molecule has 0 aromatic heterocycles. The van der Waals surface area contributed by atoms with Crippen LogP contribution < -0.4 is 9.80 Å². The molecule has 3 aliphatic heterocycles. The zero-order valence-electron chi connectivity index (χ0n) is 19.0. The van der Waals surface area contributed by atoms with Crippen LogP contribution in [0.2, 0.25) is 10.0 Å². The van der Waals surface area contributed by atoms with Gasteiger partial charge >= 0.3 is 0 Å². The van der Waals surface area contributed by atoms with E-state index in [0.29, 0.717) is 5.69 Å². The summed E-state index contributed by atoms with van der Waals surface area (Å²) in [6.45, 7) is 0. The van der Waals surface area contributed by atoms with E-state index in [1.807, 2.05) is 41.3 Å². The first-order valence-electron chi connectivity index (χ1n) is 11.4. The number of Topliss-reactive ketones (excluding diaryl/α,β-unsaturated/α-hetero) is 1. The lowest BCUT2D eigenvalue weighted by atomic mass is 9.86. The summed E-state index contributed by atoms with van der Waals surface area (Å²) in [6.07, 6.45) is 3.71. The Morgan fingerprint density at radius 1 is 0.892 bits per heavy atom. The molecule has 2 saturated heterocycles. The monoisotopic (exact) mass is 533 g/mol. The Morgan fingerprint density at radius 3 is 2.32 bits per heavy atom. The van der Waals surface area contributed by atoms with Gasteiger partial charge in [0.05, 0.1) is 28.5 Å². The van der Waals surface area contributed by atoms with Crippen LogP contribution in [0, 0.1) is 22.0 Å². The Labute approximate surface area is 220 Å². The Morgan fingerprint density at radius 2 is 1.59 bits per heavy atom. The van der Waals surface area contributed by atoms with Crippen molar-refractivity contribution in [3.8, 4) is 0 Å². The number of hydrogen-bond donors (Lipinski definition) is 0. The fourth-order valence-corrected chi connectivity index (χ4v) is 6.19. The van der Waals surface area contributed by atoms with Crippen LogP contribution in [0.3, 0.4) is 0 Å². The van der Waals surface area contributed by atoms with Crippen molar-refractivity contribution in [1.82, 2.24) is 0 Å². The molecule has 2 amide bonds. The molecule has 4 atom stereocenters. The molecule has 3 aromatic rings. The van der Waals surface area contributed by atoms with Crippen molar-refractivity contribution in [3.63, 3.8) is 0 Å². The molecule has 37 heavy (non-hydrogen) atoms. The largest absolute Gasteiger partial charge is 0.352 e. The normalized spacial score (nSPS) is 23.6. The first-order valence-corrected chi connectivity index (χ1v) is 12.2. The van der Waals surface area contributed by atoms with E-state index in [0.717, 1.165) is 10.5 Å². The fraction of sp³-hybridized carbons (Fsp3) is 0.148. The molecule has 0 aliphatic carbocycles. The number of hydrogen-bond acceptors (Lipinski definition) is 6. The highest BCUT2D eigenvalue weighted by molar-refractivity contribution is 6.36. The van der Waals surface area contributed by atoms with E-state index >= 15 is 0 Å². The lowest BCUT2D eigenvalue weighted by Gasteiger charge is -2.36. The maximum Gasteiger partial charge on any atom is 0.270 e. The third kappa shape index (κ3) is 3.55. The number of rotatable bonds is 4. The van der Waals surface area contributed by atoms with E-state index in [1.54, 1.807) is 0 Å². The number of amides is 2. The van der Waals surface area contributed by atoms with Crippen molar-refractivity contribution >= 4 is 63.9 Å².